The van der Waals surface area contributed by atoms with Gasteiger partial charge in [0.2, 0.25) is 0 Å². The fourth-order valence-corrected chi connectivity index (χ4v) is 4.84. The summed E-state index contributed by atoms with van der Waals surface area (Å²) >= 11 is 9.01. The molecule has 1 aliphatic heterocycles. The number of aromatic nitrogens is 7. The summed E-state index contributed by atoms with van der Waals surface area (Å²) in [6, 6.07) is 3.91. The Labute approximate surface area is 236 Å². The summed E-state index contributed by atoms with van der Waals surface area (Å²) in [5.74, 6) is -0.797. The van der Waals surface area contributed by atoms with Crippen molar-refractivity contribution >= 4 is 27.5 Å². The highest BCUT2D eigenvalue weighted by molar-refractivity contribution is 9.10. The van der Waals surface area contributed by atoms with Gasteiger partial charge in [0.25, 0.3) is 0 Å². The average Bonchev–Trinajstić information content (AvgIpc) is 3.52. The van der Waals surface area contributed by atoms with Crippen LogP contribution in [0.2, 0.25) is 5.02 Å². The molecule has 0 radical (unpaired) electrons. The second-order valence-corrected chi connectivity index (χ2v) is 10.2. The number of aryl methyl sites for hydroxylation is 1. The maximum atomic E-state index is 14.1. The molecule has 4 aromatic rings. The van der Waals surface area contributed by atoms with E-state index in [4.69, 9.17) is 16.3 Å². The topological polar surface area (TPSA) is 144 Å². The van der Waals surface area contributed by atoms with Crippen molar-refractivity contribution in [1.82, 2.24) is 34.7 Å². The zero-order valence-corrected chi connectivity index (χ0v) is 22.5. The van der Waals surface area contributed by atoms with Crippen molar-refractivity contribution in [3.63, 3.8) is 0 Å². The second kappa shape index (κ2) is 10.8. The van der Waals surface area contributed by atoms with Crippen LogP contribution >= 0.6 is 27.5 Å². The molecule has 1 aliphatic rings. The fourth-order valence-electron chi connectivity index (χ4n) is 4.44. The summed E-state index contributed by atoms with van der Waals surface area (Å²) in [6.07, 6.45) is -8.77. The highest BCUT2D eigenvalue weighted by Crippen LogP contribution is 2.40. The molecule has 1 aromatic carbocycles. The summed E-state index contributed by atoms with van der Waals surface area (Å²) in [5, 5.41) is 44.1. The van der Waals surface area contributed by atoms with Crippen molar-refractivity contribution in [3.8, 4) is 16.9 Å². The molecule has 3 aromatic heterocycles. The van der Waals surface area contributed by atoms with Gasteiger partial charge in [-0.15, -0.1) is 5.10 Å². The van der Waals surface area contributed by atoms with E-state index in [0.29, 0.717) is 5.56 Å². The summed E-state index contributed by atoms with van der Waals surface area (Å²) in [6.45, 7) is 0.692. The molecule has 212 valence electrons. The summed E-state index contributed by atoms with van der Waals surface area (Å²) in [5.41, 5.74) is -1.34. The maximum Gasteiger partial charge on any atom is 0.435 e. The van der Waals surface area contributed by atoms with E-state index in [1.165, 1.54) is 25.3 Å². The molecule has 0 bridgehead atoms. The second-order valence-electron chi connectivity index (χ2n) is 8.91. The fraction of sp³-hybridized carbons (Fsp3) is 0.348. The minimum absolute atomic E-state index is 0.0300. The van der Waals surface area contributed by atoms with Gasteiger partial charge in [0.05, 0.1) is 28.0 Å². The third-order valence-corrected chi connectivity index (χ3v) is 7.10. The molecule has 0 saturated carbocycles. The number of pyridine rings is 1. The van der Waals surface area contributed by atoms with Crippen molar-refractivity contribution in [2.45, 2.75) is 43.6 Å². The number of hydrogen-bond acceptors (Lipinski definition) is 9. The van der Waals surface area contributed by atoms with Gasteiger partial charge in [0.1, 0.15) is 47.8 Å². The molecule has 1 saturated heterocycles. The van der Waals surface area contributed by atoms with Crippen LogP contribution in [-0.2, 0) is 10.9 Å². The molecule has 0 aliphatic carbocycles. The molecule has 4 heterocycles. The van der Waals surface area contributed by atoms with Crippen LogP contribution in [0.5, 0.6) is 0 Å². The van der Waals surface area contributed by atoms with Gasteiger partial charge in [0.15, 0.2) is 11.5 Å². The van der Waals surface area contributed by atoms with E-state index in [-0.39, 0.29) is 26.8 Å². The largest absolute Gasteiger partial charge is 0.435 e. The minimum atomic E-state index is -4.89. The SMILES string of the molecule is Cc1nc([C@@H]2O[C@H](CO)[C@H](O)[C@H](n3cc(-c4ccc(Br)c(F)c4)nn3)[C@H]2O)n(-c2cc(Cl)cnc2C(F)(F)F)n1. The minimum Gasteiger partial charge on any atom is -0.394 e. The van der Waals surface area contributed by atoms with E-state index in [1.54, 1.807) is 6.07 Å². The number of benzene rings is 1. The molecular weight excluding hydrogens is 630 g/mol. The van der Waals surface area contributed by atoms with Gasteiger partial charge >= 0.3 is 6.18 Å². The van der Waals surface area contributed by atoms with Crippen LogP contribution in [-0.4, -0.2) is 75.0 Å². The van der Waals surface area contributed by atoms with E-state index in [0.717, 1.165) is 21.6 Å². The predicted octanol–water partition coefficient (Wildman–Crippen LogP) is 3.20. The molecule has 17 heteroatoms. The Bertz CT molecular complexity index is 1550. The van der Waals surface area contributed by atoms with Gasteiger partial charge in [-0.25, -0.2) is 23.7 Å². The highest BCUT2D eigenvalue weighted by atomic mass is 79.9. The Hall–Kier alpha value is -3.02. The first kappa shape index (κ1) is 28.5. The van der Waals surface area contributed by atoms with E-state index < -0.39 is 60.4 Å². The molecule has 0 amide bonds. The van der Waals surface area contributed by atoms with Crippen LogP contribution in [0.1, 0.15) is 29.5 Å². The number of alkyl halides is 3. The quantitative estimate of drug-likeness (QED) is 0.278. The monoisotopic (exact) mass is 647 g/mol. The molecular formula is C23H19BrClF4N7O4. The third-order valence-electron chi connectivity index (χ3n) is 6.25. The summed E-state index contributed by atoms with van der Waals surface area (Å²) in [7, 11) is 0. The molecule has 3 N–H and O–H groups in total. The summed E-state index contributed by atoms with van der Waals surface area (Å²) in [4.78, 5) is 7.59. The molecule has 5 rings (SSSR count). The number of nitrogens with zero attached hydrogens (tertiary/aromatic N) is 7. The Morgan fingerprint density at radius 1 is 1.18 bits per heavy atom. The number of hydrogen-bond donors (Lipinski definition) is 3. The molecule has 0 spiro atoms. The Morgan fingerprint density at radius 2 is 1.93 bits per heavy atom. The Kier molecular flexibility index (Phi) is 7.66. The molecule has 11 nitrogen and oxygen atoms in total. The number of halogens is 6. The van der Waals surface area contributed by atoms with Crippen molar-refractivity contribution in [1.29, 1.82) is 0 Å². The van der Waals surface area contributed by atoms with Crippen molar-refractivity contribution < 1.29 is 37.6 Å². The van der Waals surface area contributed by atoms with Crippen LogP contribution in [0.15, 0.2) is 41.1 Å². The van der Waals surface area contributed by atoms with Crippen LogP contribution in [0.25, 0.3) is 16.9 Å². The van der Waals surface area contributed by atoms with Gasteiger partial charge in [0, 0.05) is 11.8 Å². The number of ether oxygens (including phenoxy) is 1. The van der Waals surface area contributed by atoms with Gasteiger partial charge < -0.3 is 20.1 Å². The molecule has 1 fully saturated rings. The summed E-state index contributed by atoms with van der Waals surface area (Å²) < 4.78 is 63.3. The third kappa shape index (κ3) is 5.22. The highest BCUT2D eigenvalue weighted by Gasteiger charge is 2.49. The first-order valence-electron chi connectivity index (χ1n) is 11.6. The smallest absolute Gasteiger partial charge is 0.394 e. The van der Waals surface area contributed by atoms with E-state index >= 15 is 0 Å². The Balaban J connectivity index is 1.58. The number of aliphatic hydroxyl groups is 3. The van der Waals surface area contributed by atoms with Crippen molar-refractivity contribution in [3.05, 3.63) is 69.3 Å². The average molecular weight is 649 g/mol. The number of aliphatic hydroxyl groups excluding tert-OH is 3. The van der Waals surface area contributed by atoms with Crippen LogP contribution in [0.4, 0.5) is 17.6 Å². The van der Waals surface area contributed by atoms with Gasteiger partial charge in [-0.3, -0.25) is 0 Å². The lowest BCUT2D eigenvalue weighted by Gasteiger charge is -2.41. The number of rotatable bonds is 5. The molecule has 0 unspecified atom stereocenters. The van der Waals surface area contributed by atoms with Crippen LogP contribution in [0.3, 0.4) is 0 Å². The molecule has 40 heavy (non-hydrogen) atoms. The first-order valence-corrected chi connectivity index (χ1v) is 12.7. The lowest BCUT2D eigenvalue weighted by molar-refractivity contribution is -0.210. The van der Waals surface area contributed by atoms with Crippen LogP contribution in [0, 0.1) is 12.7 Å². The normalized spacial score (nSPS) is 23.5. The zero-order valence-electron chi connectivity index (χ0n) is 20.2. The van der Waals surface area contributed by atoms with Gasteiger partial charge in [-0.1, -0.05) is 22.9 Å². The van der Waals surface area contributed by atoms with Gasteiger partial charge in [-0.05, 0) is 41.1 Å². The lowest BCUT2D eigenvalue weighted by atomic mass is 9.92. The zero-order chi connectivity index (χ0) is 28.9. The van der Waals surface area contributed by atoms with Crippen molar-refractivity contribution in [2.24, 2.45) is 0 Å². The van der Waals surface area contributed by atoms with Crippen molar-refractivity contribution in [2.75, 3.05) is 6.61 Å². The lowest BCUT2D eigenvalue weighted by Crippen LogP contribution is -2.53. The van der Waals surface area contributed by atoms with E-state index in [1.807, 2.05) is 0 Å². The maximum absolute atomic E-state index is 14.1. The van der Waals surface area contributed by atoms with E-state index in [2.05, 4.69) is 41.3 Å². The van der Waals surface area contributed by atoms with E-state index in [9.17, 15) is 32.9 Å². The predicted molar refractivity (Wildman–Crippen MR) is 133 cm³/mol. The Morgan fingerprint density at radius 3 is 2.60 bits per heavy atom. The molecule has 5 atom stereocenters. The standard InChI is InChI=1S/C23H19BrClF4N7O4/c1-9-31-22(36(33-9)15-5-11(25)6-30-21(15)23(27,28)29)20-19(39)17(18(38)16(8-37)40-20)35-7-14(32-34-35)10-2-3-12(24)13(26)4-10/h2-7,16-20,37-39H,8H2,1H3/t16-,17+,18+,19-,20-/m1/s1. The van der Waals surface area contributed by atoms with Crippen LogP contribution < -0.4 is 0 Å². The van der Waals surface area contributed by atoms with Gasteiger partial charge in [-0.2, -0.15) is 18.3 Å². The first-order chi connectivity index (χ1) is 18.9.